The third-order valence-corrected chi connectivity index (χ3v) is 6.31. The summed E-state index contributed by atoms with van der Waals surface area (Å²) in [5.41, 5.74) is 3.09. The summed E-state index contributed by atoms with van der Waals surface area (Å²) < 4.78 is 1.04. The van der Waals surface area contributed by atoms with Crippen LogP contribution < -0.4 is 10.2 Å². The van der Waals surface area contributed by atoms with Crippen LogP contribution >= 0.6 is 22.9 Å². The van der Waals surface area contributed by atoms with Crippen molar-refractivity contribution in [3.05, 3.63) is 57.9 Å². The van der Waals surface area contributed by atoms with Gasteiger partial charge in [0.05, 0.1) is 5.02 Å². The first-order valence-electron chi connectivity index (χ1n) is 8.47. The second kappa shape index (κ2) is 6.70. The Morgan fingerprint density at radius 3 is 2.52 bits per heavy atom. The van der Waals surface area contributed by atoms with Crippen LogP contribution in [0.5, 0.6) is 0 Å². The van der Waals surface area contributed by atoms with E-state index in [2.05, 4.69) is 22.3 Å². The molecule has 1 N–H and O–H groups in total. The fourth-order valence-corrected chi connectivity index (χ4v) is 4.92. The van der Waals surface area contributed by atoms with Crippen LogP contribution in [0, 0.1) is 6.92 Å². The summed E-state index contributed by atoms with van der Waals surface area (Å²) >= 11 is 7.91. The number of aryl methyl sites for hydroxylation is 1. The molecule has 2 aromatic carbocycles. The third-order valence-electron chi connectivity index (χ3n) is 4.67. The highest BCUT2D eigenvalue weighted by Gasteiger charge is 2.18. The van der Waals surface area contributed by atoms with Crippen LogP contribution in [0.15, 0.2) is 42.5 Å². The molecule has 0 saturated carbocycles. The molecule has 0 aliphatic carbocycles. The Morgan fingerprint density at radius 2 is 1.84 bits per heavy atom. The predicted molar refractivity (Wildman–Crippen MR) is 107 cm³/mol. The molecule has 0 spiro atoms. The number of fused-ring (bicyclic) bond motifs is 1. The lowest BCUT2D eigenvalue weighted by molar-refractivity contribution is 0.103. The lowest BCUT2D eigenvalue weighted by Crippen LogP contribution is -2.17. The van der Waals surface area contributed by atoms with Crippen LogP contribution in [0.3, 0.4) is 0 Å². The van der Waals surface area contributed by atoms with Crippen LogP contribution in [0.1, 0.15) is 28.1 Å². The maximum atomic E-state index is 12.7. The highest BCUT2D eigenvalue weighted by molar-refractivity contribution is 7.21. The number of halogens is 1. The van der Waals surface area contributed by atoms with Crippen molar-refractivity contribution in [1.82, 2.24) is 0 Å². The van der Waals surface area contributed by atoms with Crippen molar-refractivity contribution in [2.24, 2.45) is 0 Å². The van der Waals surface area contributed by atoms with Gasteiger partial charge in [-0.1, -0.05) is 23.7 Å². The molecule has 2 heterocycles. The van der Waals surface area contributed by atoms with Gasteiger partial charge in [0.2, 0.25) is 0 Å². The van der Waals surface area contributed by atoms with E-state index in [0.29, 0.717) is 9.90 Å². The highest BCUT2D eigenvalue weighted by Crippen LogP contribution is 2.37. The van der Waals surface area contributed by atoms with Crippen LogP contribution in [-0.2, 0) is 0 Å². The van der Waals surface area contributed by atoms with Crippen LogP contribution in [0.2, 0.25) is 5.02 Å². The molecule has 1 aromatic heterocycles. The van der Waals surface area contributed by atoms with Crippen LogP contribution in [-0.4, -0.2) is 19.0 Å². The van der Waals surface area contributed by atoms with Crippen molar-refractivity contribution in [3.8, 4) is 0 Å². The number of anilines is 2. The van der Waals surface area contributed by atoms with Crippen molar-refractivity contribution in [3.63, 3.8) is 0 Å². The molecule has 5 heteroatoms. The molecule has 3 aromatic rings. The number of hydrogen-bond acceptors (Lipinski definition) is 3. The minimum atomic E-state index is -0.153. The quantitative estimate of drug-likeness (QED) is 0.639. The maximum absolute atomic E-state index is 12.7. The molecule has 1 aliphatic rings. The molecule has 25 heavy (non-hydrogen) atoms. The Bertz CT molecular complexity index is 927. The summed E-state index contributed by atoms with van der Waals surface area (Å²) in [4.78, 5) is 15.6. The van der Waals surface area contributed by atoms with Gasteiger partial charge in [-0.2, -0.15) is 0 Å². The molecule has 3 nitrogen and oxygen atoms in total. The number of carbonyl (C=O) groups excluding carboxylic acids is 1. The fourth-order valence-electron chi connectivity index (χ4n) is 3.34. The average Bonchev–Trinajstić information content (AvgIpc) is 3.25. The summed E-state index contributed by atoms with van der Waals surface area (Å²) in [6.07, 6.45) is 2.50. The van der Waals surface area contributed by atoms with Crippen molar-refractivity contribution >= 4 is 50.3 Å². The average molecular weight is 371 g/mol. The van der Waals surface area contributed by atoms with E-state index in [9.17, 15) is 4.79 Å². The molecule has 0 bridgehead atoms. The van der Waals surface area contributed by atoms with E-state index in [-0.39, 0.29) is 5.91 Å². The summed E-state index contributed by atoms with van der Waals surface area (Å²) in [5, 5.41) is 4.49. The monoisotopic (exact) mass is 370 g/mol. The smallest absolute Gasteiger partial charge is 0.267 e. The van der Waals surface area contributed by atoms with Crippen molar-refractivity contribution in [2.75, 3.05) is 23.3 Å². The third kappa shape index (κ3) is 3.12. The molecular weight excluding hydrogens is 352 g/mol. The van der Waals surface area contributed by atoms with Crippen molar-refractivity contribution in [1.29, 1.82) is 0 Å². The summed E-state index contributed by atoms with van der Waals surface area (Å²) in [6.45, 7) is 4.24. The number of nitrogens with one attached hydrogen (secondary N) is 1. The Balaban J connectivity index is 1.56. The summed E-state index contributed by atoms with van der Waals surface area (Å²) in [6, 6.07) is 14.1. The zero-order valence-electron chi connectivity index (χ0n) is 14.0. The van der Waals surface area contributed by atoms with Gasteiger partial charge in [0.25, 0.3) is 5.91 Å². The molecule has 128 valence electrons. The minimum absolute atomic E-state index is 0.153. The molecule has 1 saturated heterocycles. The first kappa shape index (κ1) is 16.4. The van der Waals surface area contributed by atoms with E-state index in [1.54, 1.807) is 0 Å². The number of rotatable bonds is 3. The number of hydrogen-bond donors (Lipinski definition) is 1. The van der Waals surface area contributed by atoms with Gasteiger partial charge in [-0.25, -0.2) is 0 Å². The molecule has 0 unspecified atom stereocenters. The topological polar surface area (TPSA) is 32.3 Å². The van der Waals surface area contributed by atoms with E-state index in [0.717, 1.165) is 34.4 Å². The molecular formula is C20H19ClN2OS. The van der Waals surface area contributed by atoms with Gasteiger partial charge < -0.3 is 10.2 Å². The molecule has 1 fully saturated rings. The number of thiophene rings is 1. The number of benzene rings is 2. The van der Waals surface area contributed by atoms with Gasteiger partial charge in [0, 0.05) is 34.6 Å². The first-order valence-corrected chi connectivity index (χ1v) is 9.67. The number of amides is 1. The summed E-state index contributed by atoms with van der Waals surface area (Å²) in [7, 11) is 0. The SMILES string of the molecule is Cc1cccc2sc(C(=O)Nc3ccc(N4CCCC4)cc3)c(Cl)c12. The second-order valence-corrected chi connectivity index (χ2v) is 7.82. The van der Waals surface area contributed by atoms with E-state index < -0.39 is 0 Å². The Kier molecular flexibility index (Phi) is 4.40. The Labute approximate surface area is 156 Å². The van der Waals surface area contributed by atoms with Gasteiger partial charge in [-0.3, -0.25) is 4.79 Å². The van der Waals surface area contributed by atoms with E-state index >= 15 is 0 Å². The van der Waals surface area contributed by atoms with Crippen LogP contribution in [0.25, 0.3) is 10.1 Å². The normalized spacial score (nSPS) is 14.2. The van der Waals surface area contributed by atoms with Gasteiger partial charge in [0.15, 0.2) is 0 Å². The van der Waals surface area contributed by atoms with E-state index in [4.69, 9.17) is 11.6 Å². The molecule has 4 rings (SSSR count). The second-order valence-electron chi connectivity index (χ2n) is 6.39. The van der Waals surface area contributed by atoms with Crippen LogP contribution in [0.4, 0.5) is 11.4 Å². The van der Waals surface area contributed by atoms with Gasteiger partial charge in [-0.05, 0) is 55.7 Å². The minimum Gasteiger partial charge on any atom is -0.372 e. The fraction of sp³-hybridized carbons (Fsp3) is 0.250. The van der Waals surface area contributed by atoms with E-state index in [1.165, 1.54) is 29.9 Å². The lowest BCUT2D eigenvalue weighted by Gasteiger charge is -2.17. The highest BCUT2D eigenvalue weighted by atomic mass is 35.5. The molecule has 0 radical (unpaired) electrons. The predicted octanol–water partition coefficient (Wildman–Crippen LogP) is 5.72. The molecule has 1 aliphatic heterocycles. The Morgan fingerprint density at radius 1 is 1.12 bits per heavy atom. The Hall–Kier alpha value is -2.04. The standard InChI is InChI=1S/C20H19ClN2OS/c1-13-5-4-6-16-17(13)18(21)19(25-16)20(24)22-14-7-9-15(10-8-14)23-11-2-3-12-23/h4-10H,2-3,11-12H2,1H3,(H,22,24). The first-order chi connectivity index (χ1) is 12.1. The van der Waals surface area contributed by atoms with Crippen molar-refractivity contribution in [2.45, 2.75) is 19.8 Å². The van der Waals surface area contributed by atoms with Crippen molar-refractivity contribution < 1.29 is 4.79 Å². The van der Waals surface area contributed by atoms with Gasteiger partial charge >= 0.3 is 0 Å². The van der Waals surface area contributed by atoms with E-state index in [1.807, 2.05) is 37.3 Å². The maximum Gasteiger partial charge on any atom is 0.267 e. The lowest BCUT2D eigenvalue weighted by atomic mass is 10.1. The number of nitrogens with zero attached hydrogens (tertiary/aromatic N) is 1. The largest absolute Gasteiger partial charge is 0.372 e. The van der Waals surface area contributed by atoms with Gasteiger partial charge in [-0.15, -0.1) is 11.3 Å². The zero-order valence-corrected chi connectivity index (χ0v) is 15.6. The van der Waals surface area contributed by atoms with Gasteiger partial charge in [0.1, 0.15) is 4.88 Å². The summed E-state index contributed by atoms with van der Waals surface area (Å²) in [5.74, 6) is -0.153. The number of carbonyl (C=O) groups is 1. The molecule has 0 atom stereocenters. The zero-order chi connectivity index (χ0) is 17.4. The molecule has 1 amide bonds.